The van der Waals surface area contributed by atoms with E-state index in [0.29, 0.717) is 6.61 Å². The third kappa shape index (κ3) is 3.92. The molecule has 3 atom stereocenters. The number of aliphatic hydroxyl groups excluding tert-OH is 1. The lowest BCUT2D eigenvalue weighted by atomic mass is 10.0. The lowest BCUT2D eigenvalue weighted by molar-refractivity contribution is -0.112. The van der Waals surface area contributed by atoms with Crippen molar-refractivity contribution in [3.63, 3.8) is 0 Å². The second-order valence-corrected chi connectivity index (χ2v) is 4.07. The zero-order valence-electron chi connectivity index (χ0n) is 8.98. The summed E-state index contributed by atoms with van der Waals surface area (Å²) in [6.07, 6.45) is 1.97. The SMILES string of the molecule is CC1CC(OCC(O)CN)CC(C)O1. The Morgan fingerprint density at radius 3 is 2.50 bits per heavy atom. The van der Waals surface area contributed by atoms with E-state index in [9.17, 15) is 5.11 Å². The van der Waals surface area contributed by atoms with Gasteiger partial charge in [-0.1, -0.05) is 0 Å². The molecule has 14 heavy (non-hydrogen) atoms. The van der Waals surface area contributed by atoms with Crippen molar-refractivity contribution in [2.75, 3.05) is 13.2 Å². The number of aliphatic hydroxyl groups is 1. The topological polar surface area (TPSA) is 64.7 Å². The quantitative estimate of drug-likeness (QED) is 0.688. The molecule has 1 heterocycles. The molecule has 0 spiro atoms. The van der Waals surface area contributed by atoms with Crippen LogP contribution in [0.2, 0.25) is 0 Å². The van der Waals surface area contributed by atoms with E-state index in [1.54, 1.807) is 0 Å². The van der Waals surface area contributed by atoms with Crippen LogP contribution in [0.1, 0.15) is 26.7 Å². The first-order valence-corrected chi connectivity index (χ1v) is 5.27. The monoisotopic (exact) mass is 203 g/mol. The lowest BCUT2D eigenvalue weighted by Crippen LogP contribution is -2.36. The van der Waals surface area contributed by atoms with E-state index in [2.05, 4.69) is 0 Å². The maximum absolute atomic E-state index is 9.24. The van der Waals surface area contributed by atoms with Gasteiger partial charge in [0.2, 0.25) is 0 Å². The molecule has 0 aromatic carbocycles. The van der Waals surface area contributed by atoms with Gasteiger partial charge < -0.3 is 20.3 Å². The Morgan fingerprint density at radius 2 is 2.00 bits per heavy atom. The average molecular weight is 203 g/mol. The Labute approximate surface area is 85.4 Å². The zero-order valence-corrected chi connectivity index (χ0v) is 8.98. The highest BCUT2D eigenvalue weighted by molar-refractivity contribution is 4.74. The number of hydrogen-bond acceptors (Lipinski definition) is 4. The number of nitrogens with two attached hydrogens (primary N) is 1. The number of ether oxygens (including phenoxy) is 2. The molecular formula is C10H21NO3. The second kappa shape index (κ2) is 5.66. The maximum Gasteiger partial charge on any atom is 0.0895 e. The number of rotatable bonds is 4. The van der Waals surface area contributed by atoms with Crippen molar-refractivity contribution in [2.24, 2.45) is 5.73 Å². The molecule has 3 unspecified atom stereocenters. The molecule has 0 aliphatic carbocycles. The summed E-state index contributed by atoms with van der Waals surface area (Å²) in [5, 5.41) is 9.24. The van der Waals surface area contributed by atoms with E-state index in [1.165, 1.54) is 0 Å². The van der Waals surface area contributed by atoms with Crippen LogP contribution < -0.4 is 5.73 Å². The van der Waals surface area contributed by atoms with Crippen LogP contribution in [0.15, 0.2) is 0 Å². The fraction of sp³-hybridized carbons (Fsp3) is 1.00. The molecule has 0 saturated carbocycles. The predicted octanol–water partition coefficient (Wildman–Crippen LogP) is 0.279. The Morgan fingerprint density at radius 1 is 1.43 bits per heavy atom. The first kappa shape index (κ1) is 11.9. The summed E-state index contributed by atoms with van der Waals surface area (Å²) in [5.74, 6) is 0. The third-order valence-corrected chi connectivity index (χ3v) is 2.45. The fourth-order valence-corrected chi connectivity index (χ4v) is 1.80. The Hall–Kier alpha value is -0.160. The smallest absolute Gasteiger partial charge is 0.0895 e. The molecular weight excluding hydrogens is 182 g/mol. The van der Waals surface area contributed by atoms with Crippen molar-refractivity contribution in [1.29, 1.82) is 0 Å². The van der Waals surface area contributed by atoms with Gasteiger partial charge >= 0.3 is 0 Å². The van der Waals surface area contributed by atoms with Crippen LogP contribution in [-0.4, -0.2) is 42.7 Å². The van der Waals surface area contributed by atoms with Gasteiger partial charge in [-0.3, -0.25) is 0 Å². The summed E-state index contributed by atoms with van der Waals surface area (Å²) in [6.45, 7) is 4.69. The summed E-state index contributed by atoms with van der Waals surface area (Å²) >= 11 is 0. The van der Waals surface area contributed by atoms with Gasteiger partial charge in [0, 0.05) is 6.54 Å². The summed E-state index contributed by atoms with van der Waals surface area (Å²) in [7, 11) is 0. The molecule has 1 aliphatic rings. The predicted molar refractivity (Wildman–Crippen MR) is 54.0 cm³/mol. The van der Waals surface area contributed by atoms with Gasteiger partial charge in [0.05, 0.1) is 31.0 Å². The highest BCUT2D eigenvalue weighted by atomic mass is 16.5. The summed E-state index contributed by atoms with van der Waals surface area (Å²) in [6, 6.07) is 0. The van der Waals surface area contributed by atoms with Crippen molar-refractivity contribution in [3.05, 3.63) is 0 Å². The van der Waals surface area contributed by atoms with E-state index < -0.39 is 6.10 Å². The molecule has 84 valence electrons. The second-order valence-electron chi connectivity index (χ2n) is 4.07. The lowest BCUT2D eigenvalue weighted by Gasteiger charge is -2.32. The summed E-state index contributed by atoms with van der Waals surface area (Å²) in [5.41, 5.74) is 5.29. The van der Waals surface area contributed by atoms with Gasteiger partial charge in [-0.2, -0.15) is 0 Å². The van der Waals surface area contributed by atoms with E-state index in [-0.39, 0.29) is 24.9 Å². The first-order chi connectivity index (χ1) is 6.61. The van der Waals surface area contributed by atoms with Crippen molar-refractivity contribution in [3.8, 4) is 0 Å². The van der Waals surface area contributed by atoms with Crippen molar-refractivity contribution < 1.29 is 14.6 Å². The molecule has 4 heteroatoms. The van der Waals surface area contributed by atoms with Crippen LogP contribution in [0, 0.1) is 0 Å². The Balaban J connectivity index is 2.23. The van der Waals surface area contributed by atoms with Crippen LogP contribution in [-0.2, 0) is 9.47 Å². The minimum Gasteiger partial charge on any atom is -0.389 e. The highest BCUT2D eigenvalue weighted by Crippen LogP contribution is 2.21. The first-order valence-electron chi connectivity index (χ1n) is 5.27. The largest absolute Gasteiger partial charge is 0.389 e. The molecule has 0 aromatic heterocycles. The van der Waals surface area contributed by atoms with Crippen LogP contribution in [0.3, 0.4) is 0 Å². The van der Waals surface area contributed by atoms with E-state index in [0.717, 1.165) is 12.8 Å². The molecule has 1 aliphatic heterocycles. The van der Waals surface area contributed by atoms with E-state index in [4.69, 9.17) is 15.2 Å². The van der Waals surface area contributed by atoms with Crippen molar-refractivity contribution >= 4 is 0 Å². The fourth-order valence-electron chi connectivity index (χ4n) is 1.80. The minimum atomic E-state index is -0.538. The summed E-state index contributed by atoms with van der Waals surface area (Å²) in [4.78, 5) is 0. The molecule has 4 nitrogen and oxygen atoms in total. The number of hydrogen-bond donors (Lipinski definition) is 2. The van der Waals surface area contributed by atoms with Gasteiger partial charge in [0.15, 0.2) is 0 Å². The van der Waals surface area contributed by atoms with Gasteiger partial charge in [-0.25, -0.2) is 0 Å². The van der Waals surface area contributed by atoms with Crippen molar-refractivity contribution in [1.82, 2.24) is 0 Å². The third-order valence-electron chi connectivity index (χ3n) is 2.45. The molecule has 0 radical (unpaired) electrons. The normalized spacial score (nSPS) is 35.6. The van der Waals surface area contributed by atoms with Crippen LogP contribution in [0.5, 0.6) is 0 Å². The molecule has 0 aromatic rings. The van der Waals surface area contributed by atoms with E-state index in [1.807, 2.05) is 13.8 Å². The molecule has 1 rings (SSSR count). The molecule has 1 saturated heterocycles. The zero-order chi connectivity index (χ0) is 10.6. The Kier molecular flexibility index (Phi) is 4.81. The van der Waals surface area contributed by atoms with Gasteiger partial charge in [-0.15, -0.1) is 0 Å². The summed E-state index contributed by atoms with van der Waals surface area (Å²) < 4.78 is 11.1. The van der Waals surface area contributed by atoms with Crippen LogP contribution >= 0.6 is 0 Å². The van der Waals surface area contributed by atoms with Gasteiger partial charge in [0.1, 0.15) is 0 Å². The highest BCUT2D eigenvalue weighted by Gasteiger charge is 2.25. The maximum atomic E-state index is 9.24. The van der Waals surface area contributed by atoms with Gasteiger partial charge in [0.25, 0.3) is 0 Å². The Bertz CT molecular complexity index is 155. The molecule has 0 amide bonds. The van der Waals surface area contributed by atoms with Crippen LogP contribution in [0.4, 0.5) is 0 Å². The minimum absolute atomic E-state index is 0.204. The van der Waals surface area contributed by atoms with E-state index >= 15 is 0 Å². The molecule has 3 N–H and O–H groups in total. The molecule has 0 bridgehead atoms. The van der Waals surface area contributed by atoms with Crippen LogP contribution in [0.25, 0.3) is 0 Å². The average Bonchev–Trinajstić information content (AvgIpc) is 2.12. The standard InChI is InChI=1S/C10H21NO3/c1-7-3-10(4-8(2)14-7)13-6-9(12)5-11/h7-10,12H,3-6,11H2,1-2H3. The molecule has 1 fully saturated rings. The van der Waals surface area contributed by atoms with Crippen molar-refractivity contribution in [2.45, 2.75) is 51.1 Å². The van der Waals surface area contributed by atoms with Gasteiger partial charge in [-0.05, 0) is 26.7 Å².